The molecule has 0 bridgehead atoms. The van der Waals surface area contributed by atoms with Gasteiger partial charge in [-0.25, -0.2) is 4.98 Å². The van der Waals surface area contributed by atoms with E-state index in [2.05, 4.69) is 83.9 Å². The van der Waals surface area contributed by atoms with Crippen LogP contribution in [-0.2, 0) is 33.0 Å². The fourth-order valence-corrected chi connectivity index (χ4v) is 7.14. The molecule has 49 heavy (non-hydrogen) atoms. The van der Waals surface area contributed by atoms with Crippen LogP contribution in [-0.4, -0.2) is 52.9 Å². The van der Waals surface area contributed by atoms with Gasteiger partial charge in [0.25, 0.3) is 5.91 Å². The first-order valence-electron chi connectivity index (χ1n) is 17.5. The smallest absolute Gasteiger partial charge is 0.251 e. The zero-order valence-corrected chi connectivity index (χ0v) is 30.1. The van der Waals surface area contributed by atoms with Crippen LogP contribution >= 0.6 is 0 Å². The van der Waals surface area contributed by atoms with Gasteiger partial charge in [-0.15, -0.1) is 0 Å². The molecule has 3 aromatic carbocycles. The molecule has 1 atom stereocenters. The number of nitrogens with zero attached hydrogens (tertiary/aromatic N) is 3. The Morgan fingerprint density at radius 1 is 0.980 bits per heavy atom. The van der Waals surface area contributed by atoms with E-state index in [1.54, 1.807) is 12.5 Å². The summed E-state index contributed by atoms with van der Waals surface area (Å²) in [7, 11) is 0. The Bertz CT molecular complexity index is 1670. The fraction of sp³-hybridized carbons (Fsp3) is 0.400. The summed E-state index contributed by atoms with van der Waals surface area (Å²) in [6.45, 7) is 13.2. The molecule has 1 N–H and O–H groups in total. The van der Waals surface area contributed by atoms with Crippen molar-refractivity contribution in [2.24, 2.45) is 5.92 Å². The Labute approximate surface area is 294 Å². The number of fused-ring (bicyclic) bond motifs is 1. The van der Waals surface area contributed by atoms with E-state index in [-0.39, 0.29) is 5.91 Å². The number of amides is 1. The van der Waals surface area contributed by atoms with Crippen LogP contribution in [0.1, 0.15) is 64.6 Å². The third-order valence-electron chi connectivity index (χ3n) is 8.40. The molecule has 2 heterocycles. The van der Waals surface area contributed by atoms with Gasteiger partial charge in [0.1, 0.15) is 12.4 Å². The normalized spacial score (nSPS) is 13.8. The highest BCUT2D eigenvalue weighted by Gasteiger charge is 2.20. The first-order chi connectivity index (χ1) is 23.8. The Morgan fingerprint density at radius 3 is 2.49 bits per heavy atom. The van der Waals surface area contributed by atoms with E-state index in [1.165, 1.54) is 0 Å². The molecule has 4 aromatic rings. The molecule has 8 nitrogen and oxygen atoms in total. The molecule has 1 unspecified atom stereocenters. The first-order valence-corrected chi connectivity index (χ1v) is 18.9. The van der Waals surface area contributed by atoms with Crippen LogP contribution in [0.2, 0.25) is 0 Å². The fourth-order valence-electron chi connectivity index (χ4n) is 6.03. The lowest BCUT2D eigenvalue weighted by Crippen LogP contribution is -2.30. The van der Waals surface area contributed by atoms with Crippen molar-refractivity contribution < 1.29 is 18.8 Å². The van der Waals surface area contributed by atoms with Crippen molar-refractivity contribution in [3.05, 3.63) is 96.1 Å². The van der Waals surface area contributed by atoms with Crippen molar-refractivity contribution in [3.8, 4) is 16.9 Å². The molecule has 0 fully saturated rings. The zero-order chi connectivity index (χ0) is 34.6. The Kier molecular flexibility index (Phi) is 13.4. The van der Waals surface area contributed by atoms with Gasteiger partial charge in [0, 0.05) is 43.2 Å². The minimum atomic E-state index is -1.21. The van der Waals surface area contributed by atoms with E-state index in [9.17, 15) is 9.35 Å². The van der Waals surface area contributed by atoms with Gasteiger partial charge in [-0.2, -0.15) is 0 Å². The number of ether oxygens (including phenoxy) is 2. The predicted octanol–water partition coefficient (Wildman–Crippen LogP) is 8.35. The van der Waals surface area contributed by atoms with Gasteiger partial charge in [0.2, 0.25) is 0 Å². The van der Waals surface area contributed by atoms with Crippen LogP contribution < -0.4 is 15.0 Å². The molecule has 9 heteroatoms. The zero-order valence-electron chi connectivity index (χ0n) is 29.3. The molecular weight excluding hydrogens is 633 g/mol. The predicted molar refractivity (Wildman–Crippen MR) is 200 cm³/mol. The summed E-state index contributed by atoms with van der Waals surface area (Å²) in [5.41, 5.74) is 6.72. The van der Waals surface area contributed by atoms with Crippen LogP contribution in [0.15, 0.2) is 89.7 Å². The molecular formula is C40H50N4O4S. The molecule has 0 spiro atoms. The molecule has 1 aromatic heterocycles. The van der Waals surface area contributed by atoms with Crippen molar-refractivity contribution in [3.63, 3.8) is 0 Å². The number of rotatable bonds is 16. The van der Waals surface area contributed by atoms with Crippen molar-refractivity contribution in [1.29, 1.82) is 0 Å². The Balaban J connectivity index is 1.31. The molecule has 0 saturated heterocycles. The number of imidazole rings is 1. The average Bonchev–Trinajstić information content (AvgIpc) is 3.53. The molecule has 0 radical (unpaired) electrons. The highest BCUT2D eigenvalue weighted by atomic mass is 32.2. The summed E-state index contributed by atoms with van der Waals surface area (Å²) in [5, 5.41) is 3.10. The summed E-state index contributed by atoms with van der Waals surface area (Å²) in [5.74, 6) is 1.61. The number of aryl methyl sites for hydroxylation is 1. The van der Waals surface area contributed by atoms with Gasteiger partial charge in [-0.05, 0) is 114 Å². The molecule has 1 aliphatic heterocycles. The SMILES string of the molecule is CCCOCCOc1ccc(-c2ccc3c(c2)C=C(C(=O)Nc2ccc([S+]([O-])Cc4cncn4CCC)cc2)CCCN3CC(C)C)cc1. The van der Waals surface area contributed by atoms with Crippen LogP contribution in [0.5, 0.6) is 5.75 Å². The molecule has 260 valence electrons. The quantitative estimate of drug-likeness (QED) is 0.0944. The third kappa shape index (κ3) is 10.2. The lowest BCUT2D eigenvalue weighted by molar-refractivity contribution is -0.112. The molecule has 0 saturated carbocycles. The lowest BCUT2D eigenvalue weighted by Gasteiger charge is -2.30. The van der Waals surface area contributed by atoms with E-state index in [0.29, 0.717) is 37.0 Å². The number of aromatic nitrogens is 2. The highest BCUT2D eigenvalue weighted by molar-refractivity contribution is 7.90. The second-order valence-electron chi connectivity index (χ2n) is 12.9. The van der Waals surface area contributed by atoms with Crippen molar-refractivity contribution >= 4 is 34.5 Å². The second kappa shape index (κ2) is 18.1. The van der Waals surface area contributed by atoms with Gasteiger partial charge in [-0.3, -0.25) is 4.79 Å². The largest absolute Gasteiger partial charge is 0.611 e. The third-order valence-corrected chi connectivity index (χ3v) is 9.75. The minimum absolute atomic E-state index is 0.115. The summed E-state index contributed by atoms with van der Waals surface area (Å²) < 4.78 is 26.5. The van der Waals surface area contributed by atoms with Gasteiger partial charge in [0.05, 0.1) is 24.8 Å². The number of carbonyl (C=O) groups is 1. The lowest BCUT2D eigenvalue weighted by atomic mass is 9.96. The standard InChI is InChI=1S/C40H50N4O4S/c1-5-19-44-29-41-26-36(44)28-49(46)38-16-12-35(13-17-38)42-40(45)33-8-7-20-43(27-30(3)4)39-18-11-32(24-34(39)25-33)31-9-14-37(15-10-31)48-23-22-47-21-6-2/h9-18,24-26,29-30H,5-8,19-23,27-28H2,1-4H3,(H,42,45). The summed E-state index contributed by atoms with van der Waals surface area (Å²) in [4.78, 5) is 21.1. The number of benzene rings is 3. The summed E-state index contributed by atoms with van der Waals surface area (Å²) in [6.07, 6.45) is 9.17. The van der Waals surface area contributed by atoms with Gasteiger partial charge >= 0.3 is 0 Å². The molecule has 1 aliphatic rings. The van der Waals surface area contributed by atoms with E-state index in [0.717, 1.165) is 89.8 Å². The van der Waals surface area contributed by atoms with E-state index in [1.807, 2.05) is 36.4 Å². The molecule has 0 aliphatic carbocycles. The summed E-state index contributed by atoms with van der Waals surface area (Å²) >= 11 is -1.21. The monoisotopic (exact) mass is 682 g/mol. The maximum Gasteiger partial charge on any atom is 0.251 e. The van der Waals surface area contributed by atoms with Gasteiger partial charge in [-0.1, -0.05) is 45.9 Å². The number of hydrogen-bond donors (Lipinski definition) is 1. The van der Waals surface area contributed by atoms with Crippen LogP contribution in [0.4, 0.5) is 11.4 Å². The number of anilines is 2. The van der Waals surface area contributed by atoms with Crippen LogP contribution in [0.3, 0.4) is 0 Å². The number of nitrogens with one attached hydrogen (secondary N) is 1. The van der Waals surface area contributed by atoms with Crippen LogP contribution in [0.25, 0.3) is 17.2 Å². The maximum atomic E-state index is 13.7. The Morgan fingerprint density at radius 2 is 1.76 bits per heavy atom. The van der Waals surface area contributed by atoms with Crippen molar-refractivity contribution in [2.45, 2.75) is 70.6 Å². The summed E-state index contributed by atoms with van der Waals surface area (Å²) in [6, 6.07) is 22.0. The molecule has 1 amide bonds. The maximum absolute atomic E-state index is 13.7. The minimum Gasteiger partial charge on any atom is -0.611 e. The number of carbonyl (C=O) groups excluding carboxylic acids is 1. The van der Waals surface area contributed by atoms with Crippen LogP contribution in [0, 0.1) is 5.92 Å². The molecule has 5 rings (SSSR count). The van der Waals surface area contributed by atoms with E-state index < -0.39 is 11.2 Å². The van der Waals surface area contributed by atoms with Crippen molar-refractivity contribution in [2.75, 3.05) is 43.1 Å². The van der Waals surface area contributed by atoms with Gasteiger partial charge in [0.15, 0.2) is 10.6 Å². The second-order valence-corrected chi connectivity index (χ2v) is 14.4. The topological polar surface area (TPSA) is 91.7 Å². The van der Waals surface area contributed by atoms with Crippen molar-refractivity contribution in [1.82, 2.24) is 9.55 Å². The van der Waals surface area contributed by atoms with Gasteiger partial charge < -0.3 is 28.8 Å². The Hall–Kier alpha value is -4.05. The van der Waals surface area contributed by atoms with E-state index in [4.69, 9.17) is 9.47 Å². The van der Waals surface area contributed by atoms with E-state index >= 15 is 0 Å². The highest BCUT2D eigenvalue weighted by Crippen LogP contribution is 2.33. The average molecular weight is 683 g/mol. The number of hydrogen-bond acceptors (Lipinski definition) is 6. The first kappa shape index (κ1) is 36.2.